The Morgan fingerprint density at radius 2 is 2.06 bits per heavy atom. The van der Waals surface area contributed by atoms with Crippen LogP contribution in [0.15, 0.2) is 36.7 Å². The smallest absolute Gasteiger partial charge is 0.230 e. The van der Waals surface area contributed by atoms with Crippen LogP contribution in [0.3, 0.4) is 0 Å². The first kappa shape index (κ1) is 23.8. The van der Waals surface area contributed by atoms with Crippen LogP contribution in [0, 0.1) is 5.92 Å². The normalized spacial score (nSPS) is 18.8. The van der Waals surface area contributed by atoms with Gasteiger partial charge in [-0.2, -0.15) is 5.10 Å². The van der Waals surface area contributed by atoms with Crippen LogP contribution >= 0.6 is 0 Å². The van der Waals surface area contributed by atoms with Gasteiger partial charge in [0.05, 0.1) is 37.5 Å². The van der Waals surface area contributed by atoms with E-state index in [4.69, 9.17) is 4.74 Å². The van der Waals surface area contributed by atoms with Crippen molar-refractivity contribution in [1.29, 1.82) is 0 Å². The van der Waals surface area contributed by atoms with Crippen LogP contribution in [0.1, 0.15) is 44.2 Å². The van der Waals surface area contributed by atoms with Gasteiger partial charge in [-0.1, -0.05) is 31.5 Å². The van der Waals surface area contributed by atoms with Gasteiger partial charge in [-0.25, -0.2) is 0 Å². The molecule has 3 rings (SSSR count). The van der Waals surface area contributed by atoms with Gasteiger partial charge in [-0.3, -0.25) is 14.3 Å². The number of rotatable bonds is 10. The van der Waals surface area contributed by atoms with Crippen molar-refractivity contribution in [2.24, 2.45) is 5.92 Å². The Kier molecular flexibility index (Phi) is 8.27. The quantitative estimate of drug-likeness (QED) is 0.613. The predicted molar refractivity (Wildman–Crippen MR) is 124 cm³/mol. The van der Waals surface area contributed by atoms with Gasteiger partial charge in [0.2, 0.25) is 11.8 Å². The van der Waals surface area contributed by atoms with Crippen molar-refractivity contribution < 1.29 is 14.3 Å². The summed E-state index contributed by atoms with van der Waals surface area (Å²) in [4.78, 5) is 30.2. The van der Waals surface area contributed by atoms with E-state index < -0.39 is 0 Å². The van der Waals surface area contributed by atoms with Crippen molar-refractivity contribution in [3.63, 3.8) is 0 Å². The number of hydrogen-bond acceptors (Lipinski definition) is 5. The topological polar surface area (TPSA) is 79.7 Å². The average Bonchev–Trinajstić information content (AvgIpc) is 3.23. The van der Waals surface area contributed by atoms with Crippen molar-refractivity contribution in [2.75, 3.05) is 39.6 Å². The highest BCUT2D eigenvalue weighted by Crippen LogP contribution is 2.41. The molecule has 2 heterocycles. The Morgan fingerprint density at radius 3 is 2.78 bits per heavy atom. The van der Waals surface area contributed by atoms with E-state index in [0.717, 1.165) is 31.5 Å². The van der Waals surface area contributed by atoms with E-state index in [1.54, 1.807) is 13.3 Å². The second-order valence-corrected chi connectivity index (χ2v) is 8.56. The number of ether oxygens (including phenoxy) is 1. The number of hydrogen-bond donors (Lipinski definition) is 1. The lowest BCUT2D eigenvalue weighted by molar-refractivity contribution is -0.142. The standard InChI is InChI=1S/C24H35N5O3/c1-5-6-13-29-22(30)12-11-20(23(29)19-9-7-8-10-21(19)32-4)24(31)26-18-16-25-28(17-18)15-14-27(2)3/h7-10,16-17,20,23H,5-6,11-15H2,1-4H3,(H,26,31). The fourth-order valence-electron chi connectivity index (χ4n) is 4.20. The maximum atomic E-state index is 13.4. The third-order valence-corrected chi connectivity index (χ3v) is 5.93. The van der Waals surface area contributed by atoms with Crippen molar-refractivity contribution in [2.45, 2.75) is 45.2 Å². The number of aromatic nitrogens is 2. The van der Waals surface area contributed by atoms with E-state index in [-0.39, 0.29) is 23.8 Å². The number of methoxy groups -OCH3 is 1. The van der Waals surface area contributed by atoms with Crippen molar-refractivity contribution >= 4 is 17.5 Å². The number of likely N-dealkylation sites (tertiary alicyclic amines) is 1. The van der Waals surface area contributed by atoms with E-state index in [9.17, 15) is 9.59 Å². The molecule has 2 amide bonds. The third kappa shape index (κ3) is 5.68. The number of carbonyl (C=O) groups excluding carboxylic acids is 2. The Labute approximate surface area is 190 Å². The Balaban J connectivity index is 1.85. The molecule has 1 N–H and O–H groups in total. The molecule has 0 radical (unpaired) electrons. The van der Waals surface area contributed by atoms with E-state index in [0.29, 0.717) is 30.8 Å². The fourth-order valence-corrected chi connectivity index (χ4v) is 4.20. The second-order valence-electron chi connectivity index (χ2n) is 8.56. The second kappa shape index (κ2) is 11.1. The molecule has 0 bridgehead atoms. The first-order chi connectivity index (χ1) is 15.4. The van der Waals surface area contributed by atoms with Crippen LogP contribution in [0.2, 0.25) is 0 Å². The lowest BCUT2D eigenvalue weighted by Gasteiger charge is -2.41. The molecule has 0 spiro atoms. The van der Waals surface area contributed by atoms with Gasteiger partial charge in [0.1, 0.15) is 5.75 Å². The Hall–Kier alpha value is -2.87. The number of nitrogens with one attached hydrogen (secondary N) is 1. The number of nitrogens with zero attached hydrogens (tertiary/aromatic N) is 4. The molecule has 174 valence electrons. The van der Waals surface area contributed by atoms with Crippen molar-refractivity contribution in [3.05, 3.63) is 42.2 Å². The zero-order chi connectivity index (χ0) is 23.1. The monoisotopic (exact) mass is 441 g/mol. The molecule has 1 aromatic heterocycles. The molecule has 1 aromatic carbocycles. The van der Waals surface area contributed by atoms with Gasteiger partial charge in [0.15, 0.2) is 0 Å². The summed E-state index contributed by atoms with van der Waals surface area (Å²) in [6, 6.07) is 7.32. The van der Waals surface area contributed by atoms with Gasteiger partial charge in [-0.05, 0) is 33.0 Å². The Morgan fingerprint density at radius 1 is 1.28 bits per heavy atom. The number of carbonyl (C=O) groups is 2. The number of likely N-dealkylation sites (N-methyl/N-ethyl adjacent to an activating group) is 1. The van der Waals surface area contributed by atoms with E-state index in [2.05, 4.69) is 22.2 Å². The van der Waals surface area contributed by atoms with Crippen LogP contribution < -0.4 is 10.1 Å². The number of anilines is 1. The van der Waals surface area contributed by atoms with Crippen molar-refractivity contribution in [3.8, 4) is 5.75 Å². The maximum absolute atomic E-state index is 13.4. The summed E-state index contributed by atoms with van der Waals surface area (Å²) >= 11 is 0. The molecule has 1 saturated heterocycles. The minimum absolute atomic E-state index is 0.0925. The van der Waals surface area contributed by atoms with Crippen molar-refractivity contribution in [1.82, 2.24) is 19.6 Å². The molecule has 1 aliphatic heterocycles. The minimum Gasteiger partial charge on any atom is -0.496 e. The van der Waals surface area contributed by atoms with Gasteiger partial charge in [-0.15, -0.1) is 0 Å². The zero-order valence-electron chi connectivity index (χ0n) is 19.6. The summed E-state index contributed by atoms with van der Waals surface area (Å²) in [7, 11) is 5.65. The third-order valence-electron chi connectivity index (χ3n) is 5.93. The largest absolute Gasteiger partial charge is 0.496 e. The first-order valence-corrected chi connectivity index (χ1v) is 11.3. The number of unbranched alkanes of at least 4 members (excludes halogenated alkanes) is 1. The van der Waals surface area contributed by atoms with Gasteiger partial charge in [0, 0.05) is 31.3 Å². The lowest BCUT2D eigenvalue weighted by Crippen LogP contribution is -2.47. The molecule has 1 aliphatic rings. The molecule has 2 aromatic rings. The lowest BCUT2D eigenvalue weighted by atomic mass is 9.83. The van der Waals surface area contributed by atoms with Crippen LogP contribution in [0.5, 0.6) is 5.75 Å². The molecule has 8 heteroatoms. The fraction of sp³-hybridized carbons (Fsp3) is 0.542. The predicted octanol–water partition coefficient (Wildman–Crippen LogP) is 3.17. The number of amides is 2. The maximum Gasteiger partial charge on any atom is 0.230 e. The molecule has 2 atom stereocenters. The molecule has 32 heavy (non-hydrogen) atoms. The summed E-state index contributed by atoms with van der Waals surface area (Å²) in [6.45, 7) is 4.34. The van der Waals surface area contributed by atoms with Crippen LogP contribution in [0.25, 0.3) is 0 Å². The zero-order valence-corrected chi connectivity index (χ0v) is 19.6. The van der Waals surface area contributed by atoms with Crippen LogP contribution in [0.4, 0.5) is 5.69 Å². The molecule has 8 nitrogen and oxygen atoms in total. The van der Waals surface area contributed by atoms with E-state index in [1.165, 1.54) is 0 Å². The molecular weight excluding hydrogens is 406 g/mol. The van der Waals surface area contributed by atoms with Gasteiger partial charge >= 0.3 is 0 Å². The Bertz CT molecular complexity index is 911. The highest BCUT2D eigenvalue weighted by Gasteiger charge is 2.41. The summed E-state index contributed by atoms with van der Waals surface area (Å²) in [6.07, 6.45) is 6.27. The van der Waals surface area contributed by atoms with E-state index >= 15 is 0 Å². The highest BCUT2D eigenvalue weighted by molar-refractivity contribution is 5.94. The van der Waals surface area contributed by atoms with Crippen LogP contribution in [-0.2, 0) is 16.1 Å². The summed E-state index contributed by atoms with van der Waals surface area (Å²) in [5.74, 6) is 0.325. The van der Waals surface area contributed by atoms with Crippen LogP contribution in [-0.4, -0.2) is 65.7 Å². The molecule has 2 unspecified atom stereocenters. The molecule has 1 fully saturated rings. The average molecular weight is 442 g/mol. The van der Waals surface area contributed by atoms with Gasteiger partial charge < -0.3 is 19.9 Å². The number of para-hydroxylation sites is 1. The SMILES string of the molecule is CCCCN1C(=O)CCC(C(=O)Nc2cnn(CCN(C)C)c2)C1c1ccccc1OC. The molecular formula is C24H35N5O3. The summed E-state index contributed by atoms with van der Waals surface area (Å²) < 4.78 is 7.42. The summed E-state index contributed by atoms with van der Waals surface area (Å²) in [5, 5.41) is 7.38. The first-order valence-electron chi connectivity index (χ1n) is 11.3. The number of piperidine rings is 1. The summed E-state index contributed by atoms with van der Waals surface area (Å²) in [5.41, 5.74) is 1.55. The molecule has 0 saturated carbocycles. The van der Waals surface area contributed by atoms with Gasteiger partial charge in [0.25, 0.3) is 0 Å². The van der Waals surface area contributed by atoms with E-state index in [1.807, 2.05) is 54.1 Å². The molecule has 0 aliphatic carbocycles. The number of benzene rings is 1. The minimum atomic E-state index is -0.369. The highest BCUT2D eigenvalue weighted by atomic mass is 16.5.